The molecule has 0 fully saturated rings. The first kappa shape index (κ1) is 22.6. The molecule has 0 spiro atoms. The lowest BCUT2D eigenvalue weighted by Crippen LogP contribution is -2.52. The summed E-state index contributed by atoms with van der Waals surface area (Å²) < 4.78 is 129. The molecule has 0 aromatic carbocycles. The topological polar surface area (TPSA) is 93.7 Å². The molecule has 4 nitrogen and oxygen atoms in total. The third-order valence-electron chi connectivity index (χ3n) is 2.26. The molecule has 4 N–H and O–H groups in total. The third kappa shape index (κ3) is 5.90. The van der Waals surface area contributed by atoms with E-state index < -0.39 is 59.3 Å². The van der Waals surface area contributed by atoms with Crippen molar-refractivity contribution in [3.05, 3.63) is 0 Å². The van der Waals surface area contributed by atoms with Crippen LogP contribution in [0.15, 0.2) is 0 Å². The maximum Gasteiger partial charge on any atom is 0.399 e. The Morgan fingerprint density at radius 3 is 1.71 bits per heavy atom. The first-order valence-corrected chi connectivity index (χ1v) is 6.45. The van der Waals surface area contributed by atoms with E-state index in [0.29, 0.717) is 0 Å². The molecule has 0 aliphatic heterocycles. The van der Waals surface area contributed by atoms with Crippen LogP contribution in [0.2, 0.25) is 0 Å². The van der Waals surface area contributed by atoms with Crippen molar-refractivity contribution >= 4 is 10.1 Å². The average Bonchev–Trinajstić information content (AvgIpc) is 2.20. The second-order valence-electron chi connectivity index (χ2n) is 3.92. The first-order valence-electron chi connectivity index (χ1n) is 5.05. The van der Waals surface area contributed by atoms with Gasteiger partial charge in [0.2, 0.25) is 0 Å². The van der Waals surface area contributed by atoms with Gasteiger partial charge in [0.15, 0.2) is 16.3 Å². The smallest absolute Gasteiger partial charge is 0.399 e. The van der Waals surface area contributed by atoms with Gasteiger partial charge < -0.3 is 10.7 Å². The fourth-order valence-electron chi connectivity index (χ4n) is 1.18. The van der Waals surface area contributed by atoms with E-state index >= 15 is 0 Å². The van der Waals surface area contributed by atoms with Crippen LogP contribution in [0.3, 0.4) is 0 Å². The summed E-state index contributed by atoms with van der Waals surface area (Å²) in [6.07, 6.45) is -12.9. The molecule has 0 aliphatic rings. The zero-order valence-corrected chi connectivity index (χ0v) is 11.4. The van der Waals surface area contributed by atoms with Gasteiger partial charge in [-0.1, -0.05) is 0 Å². The van der Waals surface area contributed by atoms with Crippen LogP contribution in [0.1, 0.15) is 25.7 Å². The standard InChI is InChI=1S/C8H10F8O3S.H3N/c9-5(3-1-2-4-6(10,11)12)7(13,14)8(15,16)20(17,18)19;/h5H,1-4H2,(H,17,18,19);1H3. The molecule has 0 bridgehead atoms. The summed E-state index contributed by atoms with van der Waals surface area (Å²) >= 11 is 0. The molecule has 0 saturated carbocycles. The average molecular weight is 355 g/mol. The molecule has 1 unspecified atom stereocenters. The predicted molar refractivity (Wildman–Crippen MR) is 55.0 cm³/mol. The number of rotatable bonds is 7. The SMILES string of the molecule is O=S(=O)([O-])C(F)(F)C(F)(F)C(F)CCCCC(F)(F)F.[NH4+]. The Bertz CT molecular complexity index is 422. The molecule has 0 amide bonds. The second kappa shape index (κ2) is 7.05. The van der Waals surface area contributed by atoms with E-state index in [9.17, 15) is 48.1 Å². The van der Waals surface area contributed by atoms with Gasteiger partial charge in [0.1, 0.15) is 0 Å². The van der Waals surface area contributed by atoms with E-state index in [1.807, 2.05) is 0 Å². The monoisotopic (exact) mass is 355 g/mol. The number of quaternary nitrogens is 1. The second-order valence-corrected chi connectivity index (χ2v) is 5.34. The maximum absolute atomic E-state index is 12.9. The van der Waals surface area contributed by atoms with E-state index in [1.54, 1.807) is 0 Å². The molecule has 13 heteroatoms. The molecule has 0 saturated heterocycles. The Labute approximate surface area is 114 Å². The van der Waals surface area contributed by atoms with Crippen molar-refractivity contribution in [1.82, 2.24) is 6.15 Å². The number of halogens is 8. The quantitative estimate of drug-likeness (QED) is 0.429. The molecular weight excluding hydrogens is 342 g/mol. The van der Waals surface area contributed by atoms with Gasteiger partial charge >= 0.3 is 17.4 Å². The van der Waals surface area contributed by atoms with Crippen molar-refractivity contribution in [2.75, 3.05) is 0 Å². The Kier molecular flexibility index (Phi) is 7.58. The summed E-state index contributed by atoms with van der Waals surface area (Å²) in [5, 5.41) is -6.18. The number of hydrogen-bond acceptors (Lipinski definition) is 3. The third-order valence-corrected chi connectivity index (χ3v) is 3.16. The van der Waals surface area contributed by atoms with Crippen molar-refractivity contribution < 1.29 is 48.1 Å². The molecule has 0 radical (unpaired) electrons. The van der Waals surface area contributed by atoms with Gasteiger partial charge in [-0.05, 0) is 19.3 Å². The van der Waals surface area contributed by atoms with Gasteiger partial charge in [0.05, 0.1) is 0 Å². The molecule has 1 atom stereocenters. The van der Waals surface area contributed by atoms with Crippen LogP contribution >= 0.6 is 0 Å². The molecule has 0 aromatic heterocycles. The van der Waals surface area contributed by atoms with Crippen molar-refractivity contribution in [3.8, 4) is 0 Å². The highest BCUT2D eigenvalue weighted by molar-refractivity contribution is 7.86. The molecule has 130 valence electrons. The van der Waals surface area contributed by atoms with Crippen molar-refractivity contribution in [1.29, 1.82) is 0 Å². The molecule has 21 heavy (non-hydrogen) atoms. The van der Waals surface area contributed by atoms with Gasteiger partial charge in [0, 0.05) is 6.42 Å². The molecule has 0 heterocycles. The van der Waals surface area contributed by atoms with Crippen LogP contribution in [-0.4, -0.2) is 36.5 Å². The maximum atomic E-state index is 12.9. The zero-order chi connectivity index (χ0) is 16.4. The van der Waals surface area contributed by atoms with Crippen molar-refractivity contribution in [3.63, 3.8) is 0 Å². The number of alkyl halides is 8. The van der Waals surface area contributed by atoms with Gasteiger partial charge in [-0.3, -0.25) is 0 Å². The van der Waals surface area contributed by atoms with E-state index in [-0.39, 0.29) is 6.15 Å². The Hall–Kier alpha value is -0.690. The lowest BCUT2D eigenvalue weighted by molar-refractivity contribution is -0.199. The van der Waals surface area contributed by atoms with Crippen LogP contribution in [0.5, 0.6) is 0 Å². The Balaban J connectivity index is 0. The highest BCUT2D eigenvalue weighted by Gasteiger charge is 2.66. The van der Waals surface area contributed by atoms with Crippen LogP contribution in [0.25, 0.3) is 0 Å². The summed E-state index contributed by atoms with van der Waals surface area (Å²) in [4.78, 5) is 0. The van der Waals surface area contributed by atoms with Crippen LogP contribution in [0.4, 0.5) is 35.1 Å². The minimum atomic E-state index is -6.81. The van der Waals surface area contributed by atoms with Crippen molar-refractivity contribution in [2.45, 2.75) is 49.2 Å². The van der Waals surface area contributed by atoms with Crippen LogP contribution < -0.4 is 6.15 Å². The fraction of sp³-hybridized carbons (Fsp3) is 1.00. The Morgan fingerprint density at radius 1 is 0.952 bits per heavy atom. The molecule has 0 rings (SSSR count). The highest BCUT2D eigenvalue weighted by Crippen LogP contribution is 2.43. The summed E-state index contributed by atoms with van der Waals surface area (Å²) in [6.45, 7) is 0. The highest BCUT2D eigenvalue weighted by atomic mass is 32.2. The molecular formula is C8H13F8NO3S. The lowest BCUT2D eigenvalue weighted by Gasteiger charge is -2.30. The summed E-state index contributed by atoms with van der Waals surface area (Å²) in [5.41, 5.74) is 0. The number of hydrogen-bond donors (Lipinski definition) is 1. The lowest BCUT2D eigenvalue weighted by atomic mass is 10.1. The van der Waals surface area contributed by atoms with Gasteiger partial charge in [-0.25, -0.2) is 12.8 Å². The zero-order valence-electron chi connectivity index (χ0n) is 10.6. The summed E-state index contributed by atoms with van der Waals surface area (Å²) in [6, 6.07) is 0. The predicted octanol–water partition coefficient (Wildman–Crippen LogP) is 3.60. The molecule has 0 aliphatic carbocycles. The number of unbranched alkanes of at least 4 members (excludes halogenated alkanes) is 1. The normalized spacial score (nSPS) is 15.5. The van der Waals surface area contributed by atoms with E-state index in [2.05, 4.69) is 0 Å². The minimum absolute atomic E-state index is 0. The van der Waals surface area contributed by atoms with Crippen LogP contribution in [0, 0.1) is 0 Å². The van der Waals surface area contributed by atoms with Gasteiger partial charge in [0.25, 0.3) is 0 Å². The molecule has 0 aromatic rings. The van der Waals surface area contributed by atoms with Gasteiger partial charge in [-0.15, -0.1) is 0 Å². The first-order chi connectivity index (χ1) is 8.63. The summed E-state index contributed by atoms with van der Waals surface area (Å²) in [7, 11) is -6.81. The van der Waals surface area contributed by atoms with E-state index in [1.165, 1.54) is 0 Å². The van der Waals surface area contributed by atoms with Crippen molar-refractivity contribution in [2.24, 2.45) is 0 Å². The van der Waals surface area contributed by atoms with E-state index in [0.717, 1.165) is 0 Å². The van der Waals surface area contributed by atoms with Gasteiger partial charge in [-0.2, -0.15) is 30.7 Å². The summed E-state index contributed by atoms with van der Waals surface area (Å²) in [5.74, 6) is -5.81. The fourth-order valence-corrected chi connectivity index (χ4v) is 1.64. The van der Waals surface area contributed by atoms with E-state index in [4.69, 9.17) is 0 Å². The van der Waals surface area contributed by atoms with Crippen LogP contribution in [-0.2, 0) is 10.1 Å². The largest absolute Gasteiger partial charge is 0.743 e. The minimum Gasteiger partial charge on any atom is -0.743 e. The Morgan fingerprint density at radius 2 is 1.38 bits per heavy atom.